The Morgan fingerprint density at radius 1 is 1.07 bits per heavy atom. The molecule has 0 aromatic heterocycles. The minimum absolute atomic E-state index is 0.0689. The van der Waals surface area contributed by atoms with Gasteiger partial charge in [0.05, 0.1) is 32.5 Å². The molecule has 0 saturated carbocycles. The topological polar surface area (TPSA) is 36.9 Å². The fourth-order valence-electron chi connectivity index (χ4n) is 2.57. The zero-order valence-corrected chi connectivity index (χ0v) is 20.5. The molecule has 0 aliphatic heterocycles. The average molecular weight is 413 g/mol. The van der Waals surface area contributed by atoms with Crippen LogP contribution in [-0.4, -0.2) is 54.1 Å². The normalized spacial score (nSPS) is 16.5. The molecule has 3 atom stereocenters. The highest BCUT2D eigenvalue weighted by molar-refractivity contribution is 6.74. The molecule has 0 aromatic carbocycles. The van der Waals surface area contributed by atoms with Crippen molar-refractivity contribution in [1.82, 2.24) is 0 Å². The number of methoxy groups -OCH3 is 1. The smallest absolute Gasteiger partial charge is 0.192 e. The molecule has 0 amide bonds. The van der Waals surface area contributed by atoms with E-state index in [1.807, 2.05) is 12.2 Å². The first-order valence-corrected chi connectivity index (χ1v) is 13.2. The van der Waals surface area contributed by atoms with Crippen molar-refractivity contribution in [2.45, 2.75) is 71.4 Å². The van der Waals surface area contributed by atoms with E-state index in [0.717, 1.165) is 6.42 Å². The predicted octanol–water partition coefficient (Wildman–Crippen LogP) is 5.77. The summed E-state index contributed by atoms with van der Waals surface area (Å²) < 4.78 is 23.6. The van der Waals surface area contributed by atoms with Crippen LogP contribution >= 0.6 is 0 Å². The van der Waals surface area contributed by atoms with Gasteiger partial charge in [0.15, 0.2) is 8.32 Å². The highest BCUT2D eigenvalue weighted by atomic mass is 28.4. The molecule has 164 valence electrons. The number of hydrogen-bond acceptors (Lipinski definition) is 4. The van der Waals surface area contributed by atoms with Crippen LogP contribution in [0.1, 0.15) is 41.0 Å². The molecule has 0 fully saturated rings. The van der Waals surface area contributed by atoms with Crippen molar-refractivity contribution < 1.29 is 18.6 Å². The van der Waals surface area contributed by atoms with Crippen molar-refractivity contribution in [3.8, 4) is 0 Å². The van der Waals surface area contributed by atoms with E-state index in [4.69, 9.17) is 18.6 Å². The Morgan fingerprint density at radius 3 is 2.18 bits per heavy atom. The fraction of sp³-hybridized carbons (Fsp3) is 0.739. The summed E-state index contributed by atoms with van der Waals surface area (Å²) in [7, 11) is -0.221. The van der Waals surface area contributed by atoms with Gasteiger partial charge in [0.2, 0.25) is 0 Å². The summed E-state index contributed by atoms with van der Waals surface area (Å²) in [6.45, 7) is 25.7. The summed E-state index contributed by atoms with van der Waals surface area (Å²) in [6, 6.07) is 0. The summed E-state index contributed by atoms with van der Waals surface area (Å²) in [4.78, 5) is 0. The standard InChI is InChI=1S/C23H44O4Si/c1-11-13-14-25-15-16-26-18-19(3)17-20(4)22(21(12-2)24-8)27-28(9,10)23(5,6)7/h11-12,17,20-22H,1-2,13-16,18H2,3-10H3/b19-17-/t20-,21+,22+/m1/s1. The predicted molar refractivity (Wildman–Crippen MR) is 122 cm³/mol. The van der Waals surface area contributed by atoms with E-state index < -0.39 is 8.32 Å². The Balaban J connectivity index is 4.89. The van der Waals surface area contributed by atoms with E-state index in [1.54, 1.807) is 7.11 Å². The third-order valence-corrected chi connectivity index (χ3v) is 9.77. The second-order valence-corrected chi connectivity index (χ2v) is 13.6. The van der Waals surface area contributed by atoms with Crippen molar-refractivity contribution in [1.29, 1.82) is 0 Å². The molecular weight excluding hydrogens is 368 g/mol. The van der Waals surface area contributed by atoms with E-state index in [9.17, 15) is 0 Å². The van der Waals surface area contributed by atoms with E-state index >= 15 is 0 Å². The molecule has 0 bridgehead atoms. The number of rotatable bonds is 15. The van der Waals surface area contributed by atoms with Crippen LogP contribution in [0.4, 0.5) is 0 Å². The third-order valence-electron chi connectivity index (χ3n) is 5.30. The second-order valence-electron chi connectivity index (χ2n) is 8.89. The second kappa shape index (κ2) is 13.5. The molecule has 28 heavy (non-hydrogen) atoms. The molecule has 0 radical (unpaired) electrons. The van der Waals surface area contributed by atoms with Crippen molar-refractivity contribution in [3.05, 3.63) is 37.0 Å². The quantitative estimate of drug-likeness (QED) is 0.194. The summed E-state index contributed by atoms with van der Waals surface area (Å²) >= 11 is 0. The molecule has 0 rings (SSSR count). The van der Waals surface area contributed by atoms with Gasteiger partial charge in [-0.3, -0.25) is 0 Å². The lowest BCUT2D eigenvalue weighted by atomic mass is 9.97. The van der Waals surface area contributed by atoms with Crippen molar-refractivity contribution >= 4 is 8.32 Å². The maximum absolute atomic E-state index is 6.72. The molecule has 0 aliphatic carbocycles. The first-order valence-electron chi connectivity index (χ1n) is 10.3. The molecule has 0 spiro atoms. The van der Waals surface area contributed by atoms with E-state index in [-0.39, 0.29) is 23.2 Å². The van der Waals surface area contributed by atoms with Gasteiger partial charge in [-0.15, -0.1) is 13.2 Å². The lowest BCUT2D eigenvalue weighted by Crippen LogP contribution is -2.49. The Labute approximate surface area is 175 Å². The highest BCUT2D eigenvalue weighted by Crippen LogP contribution is 2.39. The van der Waals surface area contributed by atoms with Gasteiger partial charge in [0.1, 0.15) is 6.10 Å². The van der Waals surface area contributed by atoms with Crippen LogP contribution in [0.5, 0.6) is 0 Å². The van der Waals surface area contributed by atoms with Crippen LogP contribution in [-0.2, 0) is 18.6 Å². The molecule has 4 nitrogen and oxygen atoms in total. The third kappa shape index (κ3) is 10.2. The van der Waals surface area contributed by atoms with Gasteiger partial charge < -0.3 is 18.6 Å². The highest BCUT2D eigenvalue weighted by Gasteiger charge is 2.41. The SMILES string of the molecule is C=CCCOCCOC/C(C)=C\[C@@H](C)[C@H](O[Si](C)(C)C(C)(C)C)[C@H](C=C)OC. The molecule has 0 heterocycles. The van der Waals surface area contributed by atoms with Crippen LogP contribution in [0.3, 0.4) is 0 Å². The minimum atomic E-state index is -1.94. The summed E-state index contributed by atoms with van der Waals surface area (Å²) in [5.74, 6) is 0.185. The van der Waals surface area contributed by atoms with Gasteiger partial charge in [-0.05, 0) is 31.5 Å². The Hall–Kier alpha value is -0.723. The van der Waals surface area contributed by atoms with Crippen LogP contribution in [0.2, 0.25) is 18.1 Å². The van der Waals surface area contributed by atoms with Gasteiger partial charge in [0, 0.05) is 13.0 Å². The van der Waals surface area contributed by atoms with Gasteiger partial charge >= 0.3 is 0 Å². The number of hydrogen-bond donors (Lipinski definition) is 0. The molecule has 0 saturated heterocycles. The summed E-state index contributed by atoms with van der Waals surface area (Å²) in [5, 5.41) is 0.137. The molecular formula is C23H44O4Si. The summed E-state index contributed by atoms with van der Waals surface area (Å²) in [5.41, 5.74) is 1.18. The van der Waals surface area contributed by atoms with Crippen molar-refractivity contribution in [2.75, 3.05) is 33.5 Å². The molecule has 0 N–H and O–H groups in total. The monoisotopic (exact) mass is 412 g/mol. The molecule has 0 unspecified atom stereocenters. The first-order chi connectivity index (χ1) is 13.0. The number of ether oxygens (including phenoxy) is 3. The van der Waals surface area contributed by atoms with Gasteiger partial charge in [0.25, 0.3) is 0 Å². The summed E-state index contributed by atoms with van der Waals surface area (Å²) in [6.07, 6.45) is 6.58. The Kier molecular flexibility index (Phi) is 13.1. The van der Waals surface area contributed by atoms with Crippen LogP contribution in [0.25, 0.3) is 0 Å². The average Bonchev–Trinajstić information content (AvgIpc) is 2.60. The Bertz CT molecular complexity index is 479. The van der Waals surface area contributed by atoms with Crippen LogP contribution in [0, 0.1) is 5.92 Å². The van der Waals surface area contributed by atoms with Crippen LogP contribution in [0.15, 0.2) is 37.0 Å². The van der Waals surface area contributed by atoms with Crippen molar-refractivity contribution in [3.63, 3.8) is 0 Å². The fourth-order valence-corrected chi connectivity index (χ4v) is 3.95. The lowest BCUT2D eigenvalue weighted by Gasteiger charge is -2.42. The van der Waals surface area contributed by atoms with Gasteiger partial charge in [-0.2, -0.15) is 0 Å². The largest absolute Gasteiger partial charge is 0.410 e. The van der Waals surface area contributed by atoms with Gasteiger partial charge in [-0.25, -0.2) is 0 Å². The van der Waals surface area contributed by atoms with Gasteiger partial charge in [-0.1, -0.05) is 51.5 Å². The molecule has 5 heteroatoms. The first kappa shape index (κ1) is 27.3. The van der Waals surface area contributed by atoms with E-state index in [2.05, 4.69) is 66.9 Å². The maximum atomic E-state index is 6.72. The van der Waals surface area contributed by atoms with E-state index in [1.165, 1.54) is 5.57 Å². The minimum Gasteiger partial charge on any atom is -0.410 e. The zero-order chi connectivity index (χ0) is 21.8. The maximum Gasteiger partial charge on any atom is 0.192 e. The van der Waals surface area contributed by atoms with Crippen LogP contribution < -0.4 is 0 Å². The van der Waals surface area contributed by atoms with Crippen molar-refractivity contribution in [2.24, 2.45) is 5.92 Å². The van der Waals surface area contributed by atoms with E-state index in [0.29, 0.717) is 26.4 Å². The lowest BCUT2D eigenvalue weighted by molar-refractivity contribution is 0.00570. The Morgan fingerprint density at radius 2 is 1.68 bits per heavy atom. The molecule has 0 aliphatic rings. The molecule has 0 aromatic rings. The zero-order valence-electron chi connectivity index (χ0n) is 19.5.